The molecule has 2 fully saturated rings. The average molecular weight is 301 g/mol. The van der Waals surface area contributed by atoms with Crippen LogP contribution in [0.3, 0.4) is 0 Å². The summed E-state index contributed by atoms with van der Waals surface area (Å²) < 4.78 is 25.7. The van der Waals surface area contributed by atoms with Gasteiger partial charge in [0.05, 0.1) is 11.0 Å². The van der Waals surface area contributed by atoms with Crippen LogP contribution in [-0.2, 0) is 9.84 Å². The SMILES string of the molecule is CCNC1CCC(C)(C)CC1S(=O)(=O)CC1CCCC1. The normalized spacial score (nSPS) is 31.6. The zero-order valence-electron chi connectivity index (χ0n) is 13.3. The van der Waals surface area contributed by atoms with Crippen molar-refractivity contribution in [3.63, 3.8) is 0 Å². The molecule has 20 heavy (non-hydrogen) atoms. The molecule has 0 spiro atoms. The highest BCUT2D eigenvalue weighted by molar-refractivity contribution is 7.92. The van der Waals surface area contributed by atoms with E-state index in [4.69, 9.17) is 0 Å². The van der Waals surface area contributed by atoms with E-state index in [9.17, 15) is 8.42 Å². The van der Waals surface area contributed by atoms with E-state index in [-0.39, 0.29) is 16.7 Å². The second-order valence-corrected chi connectivity index (χ2v) is 9.85. The molecule has 118 valence electrons. The Hall–Kier alpha value is -0.0900. The number of nitrogens with one attached hydrogen (secondary N) is 1. The first kappa shape index (κ1) is 16.3. The van der Waals surface area contributed by atoms with Crippen molar-refractivity contribution in [2.24, 2.45) is 11.3 Å². The summed E-state index contributed by atoms with van der Waals surface area (Å²) >= 11 is 0. The van der Waals surface area contributed by atoms with Gasteiger partial charge in [-0.15, -0.1) is 0 Å². The number of hydrogen-bond acceptors (Lipinski definition) is 3. The smallest absolute Gasteiger partial charge is 0.154 e. The molecular formula is C16H31NO2S. The summed E-state index contributed by atoms with van der Waals surface area (Å²) in [4.78, 5) is 0. The highest BCUT2D eigenvalue weighted by Crippen LogP contribution is 2.39. The maximum atomic E-state index is 12.9. The fourth-order valence-electron chi connectivity index (χ4n) is 4.02. The van der Waals surface area contributed by atoms with Gasteiger partial charge in [0, 0.05) is 6.04 Å². The first-order chi connectivity index (χ1) is 9.34. The molecule has 2 rings (SSSR count). The van der Waals surface area contributed by atoms with Crippen LogP contribution in [0.25, 0.3) is 0 Å². The largest absolute Gasteiger partial charge is 0.313 e. The Bertz CT molecular complexity index is 410. The molecule has 0 radical (unpaired) electrons. The highest BCUT2D eigenvalue weighted by atomic mass is 32.2. The lowest BCUT2D eigenvalue weighted by Gasteiger charge is -2.41. The van der Waals surface area contributed by atoms with Gasteiger partial charge in [-0.2, -0.15) is 0 Å². The van der Waals surface area contributed by atoms with Crippen molar-refractivity contribution in [1.82, 2.24) is 5.32 Å². The third kappa shape index (κ3) is 3.97. The molecule has 2 atom stereocenters. The number of hydrogen-bond donors (Lipinski definition) is 1. The molecule has 2 aliphatic rings. The van der Waals surface area contributed by atoms with Crippen LogP contribution in [0.1, 0.15) is 65.7 Å². The van der Waals surface area contributed by atoms with Gasteiger partial charge in [-0.05, 0) is 50.0 Å². The summed E-state index contributed by atoms with van der Waals surface area (Å²) in [7, 11) is -2.97. The van der Waals surface area contributed by atoms with Crippen molar-refractivity contribution in [2.45, 2.75) is 77.0 Å². The molecule has 0 aromatic heterocycles. The van der Waals surface area contributed by atoms with Gasteiger partial charge in [0.1, 0.15) is 0 Å². The molecule has 0 aliphatic heterocycles. The zero-order valence-corrected chi connectivity index (χ0v) is 14.1. The lowest BCUT2D eigenvalue weighted by Crippen LogP contribution is -2.51. The molecule has 0 saturated heterocycles. The molecule has 1 N–H and O–H groups in total. The molecule has 0 amide bonds. The summed E-state index contributed by atoms with van der Waals surface area (Å²) in [6.45, 7) is 7.36. The molecule has 2 saturated carbocycles. The van der Waals surface area contributed by atoms with Crippen LogP contribution >= 0.6 is 0 Å². The summed E-state index contributed by atoms with van der Waals surface area (Å²) in [5, 5.41) is 3.25. The predicted octanol–water partition coefficient (Wildman–Crippen LogP) is 3.15. The van der Waals surface area contributed by atoms with Gasteiger partial charge < -0.3 is 5.32 Å². The van der Waals surface area contributed by atoms with E-state index >= 15 is 0 Å². The van der Waals surface area contributed by atoms with E-state index in [1.54, 1.807) is 0 Å². The summed E-state index contributed by atoms with van der Waals surface area (Å²) in [5.41, 5.74) is 0.166. The number of sulfone groups is 1. The second-order valence-electron chi connectivity index (χ2n) is 7.59. The fourth-order valence-corrected chi connectivity index (χ4v) is 6.70. The van der Waals surface area contributed by atoms with E-state index in [0.717, 1.165) is 38.6 Å². The maximum Gasteiger partial charge on any atom is 0.154 e. The van der Waals surface area contributed by atoms with Gasteiger partial charge in [0.2, 0.25) is 0 Å². The minimum absolute atomic E-state index is 0.166. The van der Waals surface area contributed by atoms with Crippen molar-refractivity contribution in [3.8, 4) is 0 Å². The fraction of sp³-hybridized carbons (Fsp3) is 1.00. The van der Waals surface area contributed by atoms with Crippen molar-refractivity contribution >= 4 is 9.84 Å². The Kier molecular flexibility index (Phi) is 5.17. The third-order valence-corrected chi connectivity index (χ3v) is 7.56. The molecule has 0 bridgehead atoms. The molecule has 4 heteroatoms. The minimum Gasteiger partial charge on any atom is -0.313 e. The van der Waals surface area contributed by atoms with Gasteiger partial charge in [-0.1, -0.05) is 33.6 Å². The van der Waals surface area contributed by atoms with Crippen molar-refractivity contribution in [2.75, 3.05) is 12.3 Å². The van der Waals surface area contributed by atoms with E-state index < -0.39 is 9.84 Å². The van der Waals surface area contributed by atoms with Crippen LogP contribution in [-0.4, -0.2) is 32.0 Å². The molecule has 0 aromatic rings. The molecule has 2 aliphatic carbocycles. The van der Waals surface area contributed by atoms with Crippen LogP contribution in [0.15, 0.2) is 0 Å². The summed E-state index contributed by atoms with van der Waals surface area (Å²) in [6.07, 6.45) is 7.59. The van der Waals surface area contributed by atoms with Gasteiger partial charge in [0.15, 0.2) is 9.84 Å². The molecule has 0 heterocycles. The number of rotatable bonds is 5. The molecular weight excluding hydrogens is 270 g/mol. The van der Waals surface area contributed by atoms with Crippen LogP contribution < -0.4 is 5.32 Å². The van der Waals surface area contributed by atoms with Crippen molar-refractivity contribution in [3.05, 3.63) is 0 Å². The summed E-state index contributed by atoms with van der Waals surface area (Å²) in [5.74, 6) is 0.850. The second kappa shape index (κ2) is 6.35. The Morgan fingerprint density at radius 3 is 2.40 bits per heavy atom. The zero-order chi connectivity index (χ0) is 14.8. The average Bonchev–Trinajstić information content (AvgIpc) is 2.83. The lowest BCUT2D eigenvalue weighted by atomic mass is 9.75. The van der Waals surface area contributed by atoms with E-state index in [2.05, 4.69) is 26.1 Å². The molecule has 0 aromatic carbocycles. The highest BCUT2D eigenvalue weighted by Gasteiger charge is 2.42. The molecule has 3 nitrogen and oxygen atoms in total. The Labute approximate surface area is 124 Å². The topological polar surface area (TPSA) is 46.2 Å². The van der Waals surface area contributed by atoms with Crippen molar-refractivity contribution < 1.29 is 8.42 Å². The first-order valence-corrected chi connectivity index (χ1v) is 10.0. The monoisotopic (exact) mass is 301 g/mol. The molecule has 2 unspecified atom stereocenters. The third-order valence-electron chi connectivity index (χ3n) is 5.21. The van der Waals surface area contributed by atoms with Gasteiger partial charge in [-0.25, -0.2) is 8.42 Å². The van der Waals surface area contributed by atoms with Gasteiger partial charge in [-0.3, -0.25) is 0 Å². The van der Waals surface area contributed by atoms with Crippen LogP contribution in [0, 0.1) is 11.3 Å². The van der Waals surface area contributed by atoms with Crippen LogP contribution in [0.4, 0.5) is 0 Å². The maximum absolute atomic E-state index is 12.9. The van der Waals surface area contributed by atoms with E-state index in [0.29, 0.717) is 11.7 Å². The van der Waals surface area contributed by atoms with Crippen molar-refractivity contribution in [1.29, 1.82) is 0 Å². The Morgan fingerprint density at radius 1 is 1.15 bits per heavy atom. The Balaban J connectivity index is 2.11. The Morgan fingerprint density at radius 2 is 1.80 bits per heavy atom. The summed E-state index contributed by atoms with van der Waals surface area (Å²) in [6, 6.07) is 0.166. The van der Waals surface area contributed by atoms with Gasteiger partial charge >= 0.3 is 0 Å². The standard InChI is InChI=1S/C16H31NO2S/c1-4-17-14-9-10-16(2,3)11-15(14)20(18,19)12-13-7-5-6-8-13/h13-15,17H,4-12H2,1-3H3. The quantitative estimate of drug-likeness (QED) is 0.848. The van der Waals surface area contributed by atoms with Crippen LogP contribution in [0.2, 0.25) is 0 Å². The van der Waals surface area contributed by atoms with Crippen LogP contribution in [0.5, 0.6) is 0 Å². The van der Waals surface area contributed by atoms with E-state index in [1.807, 2.05) is 0 Å². The lowest BCUT2D eigenvalue weighted by molar-refractivity contribution is 0.210. The predicted molar refractivity (Wildman–Crippen MR) is 84.6 cm³/mol. The minimum atomic E-state index is -2.97. The van der Waals surface area contributed by atoms with E-state index in [1.165, 1.54) is 12.8 Å². The first-order valence-electron chi connectivity index (χ1n) is 8.29. The van der Waals surface area contributed by atoms with Gasteiger partial charge in [0.25, 0.3) is 0 Å².